The van der Waals surface area contributed by atoms with Crippen LogP contribution in [0.25, 0.3) is 11.0 Å². The van der Waals surface area contributed by atoms with Crippen molar-refractivity contribution in [2.45, 2.75) is 64.5 Å². The molecule has 3 heterocycles. The van der Waals surface area contributed by atoms with Gasteiger partial charge in [0.05, 0.1) is 5.56 Å². The lowest BCUT2D eigenvalue weighted by Gasteiger charge is -2.45. The van der Waals surface area contributed by atoms with Crippen LogP contribution >= 0.6 is 0 Å². The van der Waals surface area contributed by atoms with Gasteiger partial charge in [0.25, 0.3) is 0 Å². The van der Waals surface area contributed by atoms with Crippen LogP contribution in [-0.2, 0) is 17.7 Å². The molecule has 0 aliphatic carbocycles. The van der Waals surface area contributed by atoms with E-state index in [-0.39, 0.29) is 11.4 Å². The Labute approximate surface area is 226 Å². The average molecular weight is 519 g/mol. The number of methoxy groups -OCH3 is 1. The van der Waals surface area contributed by atoms with Gasteiger partial charge in [-0.05, 0) is 81.3 Å². The van der Waals surface area contributed by atoms with Gasteiger partial charge in [-0.15, -0.1) is 0 Å². The number of hydrogen-bond acceptors (Lipinski definition) is 6. The third kappa shape index (κ3) is 5.98. The molecule has 0 radical (unpaired) electrons. The first-order valence-electron chi connectivity index (χ1n) is 14.3. The molecule has 3 aromatic rings. The van der Waals surface area contributed by atoms with Crippen LogP contribution in [0.5, 0.6) is 5.75 Å². The molecule has 1 aromatic heterocycles. The van der Waals surface area contributed by atoms with Gasteiger partial charge < -0.3 is 19.2 Å². The summed E-state index contributed by atoms with van der Waals surface area (Å²) < 4.78 is 11.3. The standard InChI is InChI=1S/C32H42N2O4/c1-23-26-14-15-30(35)28(31(26)38-32(36)27(23)20-24-10-4-3-5-11-24)22-33(16-9-19-37-2)21-25-12-8-18-34-17-7-6-13-29(25)34/h3-5,10-11,14-15,25,29,35H,6-9,12-13,16-22H2,1-2H3/t25-,29+/m0/s1. The van der Waals surface area contributed by atoms with Gasteiger partial charge in [-0.25, -0.2) is 4.79 Å². The number of ether oxygens (including phenoxy) is 1. The molecular formula is C32H42N2O4. The van der Waals surface area contributed by atoms with E-state index in [9.17, 15) is 9.90 Å². The highest BCUT2D eigenvalue weighted by Crippen LogP contribution is 2.34. The molecule has 1 N–H and O–H groups in total. The molecule has 0 spiro atoms. The van der Waals surface area contributed by atoms with Crippen LogP contribution in [0.15, 0.2) is 51.7 Å². The number of rotatable bonds is 10. The fraction of sp³-hybridized carbons (Fsp3) is 0.531. The second kappa shape index (κ2) is 12.5. The zero-order chi connectivity index (χ0) is 26.5. The lowest BCUT2D eigenvalue weighted by molar-refractivity contribution is 0.0372. The van der Waals surface area contributed by atoms with Crippen molar-refractivity contribution in [2.75, 3.05) is 39.9 Å². The highest BCUT2D eigenvalue weighted by Gasteiger charge is 2.34. The largest absolute Gasteiger partial charge is 0.507 e. The Bertz CT molecular complexity index is 1270. The van der Waals surface area contributed by atoms with E-state index in [0.29, 0.717) is 48.2 Å². The summed E-state index contributed by atoms with van der Waals surface area (Å²) in [6.07, 6.45) is 7.88. The van der Waals surface area contributed by atoms with Crippen LogP contribution in [0.1, 0.15) is 60.8 Å². The molecule has 2 aromatic carbocycles. The van der Waals surface area contributed by atoms with E-state index >= 15 is 0 Å². The molecule has 0 saturated carbocycles. The van der Waals surface area contributed by atoms with Gasteiger partial charge in [-0.3, -0.25) is 4.90 Å². The third-order valence-corrected chi connectivity index (χ3v) is 8.68. The Hall–Kier alpha value is -2.67. The van der Waals surface area contributed by atoms with E-state index in [2.05, 4.69) is 9.80 Å². The summed E-state index contributed by atoms with van der Waals surface area (Å²) in [6.45, 7) is 7.56. The molecule has 2 fully saturated rings. The second-order valence-electron chi connectivity index (χ2n) is 11.2. The van der Waals surface area contributed by atoms with E-state index in [1.165, 1.54) is 45.2 Å². The van der Waals surface area contributed by atoms with Crippen molar-refractivity contribution < 1.29 is 14.3 Å². The lowest BCUT2D eigenvalue weighted by Crippen LogP contribution is -2.51. The lowest BCUT2D eigenvalue weighted by atomic mass is 9.83. The monoisotopic (exact) mass is 518 g/mol. The first-order valence-corrected chi connectivity index (χ1v) is 14.3. The first kappa shape index (κ1) is 26.9. The van der Waals surface area contributed by atoms with Gasteiger partial charge in [0.2, 0.25) is 0 Å². The highest BCUT2D eigenvalue weighted by molar-refractivity contribution is 5.85. The number of phenols is 1. The Morgan fingerprint density at radius 2 is 1.87 bits per heavy atom. The molecule has 6 heteroatoms. The Morgan fingerprint density at radius 1 is 1.05 bits per heavy atom. The molecule has 0 bridgehead atoms. The molecule has 2 atom stereocenters. The molecule has 0 unspecified atom stereocenters. The minimum atomic E-state index is -0.318. The average Bonchev–Trinajstić information content (AvgIpc) is 2.93. The van der Waals surface area contributed by atoms with E-state index in [1.807, 2.05) is 43.3 Å². The molecule has 204 valence electrons. The molecule has 5 rings (SSSR count). The second-order valence-corrected chi connectivity index (χ2v) is 11.2. The van der Waals surface area contributed by atoms with Crippen molar-refractivity contribution in [3.05, 3.63) is 75.1 Å². The van der Waals surface area contributed by atoms with E-state index in [4.69, 9.17) is 9.15 Å². The van der Waals surface area contributed by atoms with Crippen LogP contribution in [0.4, 0.5) is 0 Å². The number of phenolic OH excluding ortho intramolecular Hbond substituents is 1. The molecule has 0 amide bonds. The Kier molecular flexibility index (Phi) is 8.82. The zero-order valence-electron chi connectivity index (χ0n) is 23.0. The summed E-state index contributed by atoms with van der Waals surface area (Å²) in [5, 5.41) is 11.9. The van der Waals surface area contributed by atoms with Crippen molar-refractivity contribution in [1.29, 1.82) is 0 Å². The van der Waals surface area contributed by atoms with Crippen molar-refractivity contribution in [3.63, 3.8) is 0 Å². The number of nitrogens with zero attached hydrogens (tertiary/aromatic N) is 2. The number of benzene rings is 2. The molecule has 38 heavy (non-hydrogen) atoms. The van der Waals surface area contributed by atoms with Crippen LogP contribution in [0.2, 0.25) is 0 Å². The van der Waals surface area contributed by atoms with Crippen molar-refractivity contribution >= 4 is 11.0 Å². The van der Waals surface area contributed by atoms with E-state index in [1.54, 1.807) is 13.2 Å². The first-order chi connectivity index (χ1) is 18.5. The van der Waals surface area contributed by atoms with Crippen LogP contribution in [0, 0.1) is 12.8 Å². The zero-order valence-corrected chi connectivity index (χ0v) is 23.0. The highest BCUT2D eigenvalue weighted by atomic mass is 16.5. The smallest absolute Gasteiger partial charge is 0.340 e. The molecular weight excluding hydrogens is 476 g/mol. The minimum absolute atomic E-state index is 0.190. The predicted molar refractivity (Wildman–Crippen MR) is 152 cm³/mol. The molecule has 2 saturated heterocycles. The van der Waals surface area contributed by atoms with Crippen molar-refractivity contribution in [1.82, 2.24) is 9.80 Å². The number of hydrogen-bond donors (Lipinski definition) is 1. The maximum Gasteiger partial charge on any atom is 0.340 e. The Balaban J connectivity index is 1.44. The van der Waals surface area contributed by atoms with Gasteiger partial charge >= 0.3 is 5.63 Å². The number of aromatic hydroxyl groups is 1. The van der Waals surface area contributed by atoms with Gasteiger partial charge in [-0.1, -0.05) is 36.8 Å². The normalized spacial score (nSPS) is 20.2. The SMILES string of the molecule is COCCCN(Cc1c(O)ccc2c(C)c(Cc3ccccc3)c(=O)oc12)C[C@@H]1CCCN2CCCC[C@H]12. The summed E-state index contributed by atoms with van der Waals surface area (Å²) >= 11 is 0. The predicted octanol–water partition coefficient (Wildman–Crippen LogP) is 5.50. The number of aryl methyl sites for hydroxylation is 1. The third-order valence-electron chi connectivity index (χ3n) is 8.68. The van der Waals surface area contributed by atoms with Gasteiger partial charge in [0.15, 0.2) is 0 Å². The summed E-state index contributed by atoms with van der Waals surface area (Å²) in [4.78, 5) is 18.4. The summed E-state index contributed by atoms with van der Waals surface area (Å²) in [7, 11) is 1.74. The fourth-order valence-corrected chi connectivity index (χ4v) is 6.67. The summed E-state index contributed by atoms with van der Waals surface area (Å²) in [5.74, 6) is 0.811. The van der Waals surface area contributed by atoms with Crippen molar-refractivity contribution in [2.24, 2.45) is 5.92 Å². The fourth-order valence-electron chi connectivity index (χ4n) is 6.67. The topological polar surface area (TPSA) is 66.2 Å². The van der Waals surface area contributed by atoms with Crippen LogP contribution in [-0.4, -0.2) is 60.8 Å². The van der Waals surface area contributed by atoms with Crippen LogP contribution < -0.4 is 5.63 Å². The summed E-state index contributed by atoms with van der Waals surface area (Å²) in [6, 6.07) is 14.3. The number of piperidine rings is 2. The number of fused-ring (bicyclic) bond motifs is 2. The van der Waals surface area contributed by atoms with E-state index < -0.39 is 0 Å². The maximum atomic E-state index is 13.2. The Morgan fingerprint density at radius 3 is 2.68 bits per heavy atom. The molecule has 2 aliphatic rings. The summed E-state index contributed by atoms with van der Waals surface area (Å²) in [5.41, 5.74) is 3.59. The van der Waals surface area contributed by atoms with E-state index in [0.717, 1.165) is 36.0 Å². The van der Waals surface area contributed by atoms with Gasteiger partial charge in [0, 0.05) is 56.8 Å². The minimum Gasteiger partial charge on any atom is -0.507 e. The van der Waals surface area contributed by atoms with Gasteiger partial charge in [-0.2, -0.15) is 0 Å². The maximum absolute atomic E-state index is 13.2. The molecule has 2 aliphatic heterocycles. The van der Waals surface area contributed by atoms with Crippen LogP contribution in [0.3, 0.4) is 0 Å². The van der Waals surface area contributed by atoms with Crippen molar-refractivity contribution in [3.8, 4) is 5.75 Å². The quantitative estimate of drug-likeness (QED) is 0.282. The molecule has 6 nitrogen and oxygen atoms in total. The van der Waals surface area contributed by atoms with Gasteiger partial charge in [0.1, 0.15) is 11.3 Å².